The van der Waals surface area contributed by atoms with Gasteiger partial charge in [-0.1, -0.05) is 37.3 Å². The second-order valence-electron chi connectivity index (χ2n) is 7.38. The monoisotopic (exact) mass is 350 g/mol. The average molecular weight is 350 g/mol. The highest BCUT2D eigenvalue weighted by Gasteiger charge is 2.26. The summed E-state index contributed by atoms with van der Waals surface area (Å²) in [7, 11) is 0. The lowest BCUT2D eigenvalue weighted by Gasteiger charge is -2.33. The Morgan fingerprint density at radius 3 is 2.58 bits per heavy atom. The number of anilines is 2. The zero-order valence-electron chi connectivity index (χ0n) is 15.4. The third-order valence-corrected chi connectivity index (χ3v) is 5.31. The Morgan fingerprint density at radius 2 is 1.81 bits per heavy atom. The first-order chi connectivity index (χ1) is 12.7. The van der Waals surface area contributed by atoms with Gasteiger partial charge in [-0.25, -0.2) is 0 Å². The number of para-hydroxylation sites is 1. The van der Waals surface area contributed by atoms with Gasteiger partial charge in [0.05, 0.1) is 19.6 Å². The van der Waals surface area contributed by atoms with Gasteiger partial charge in [0.25, 0.3) is 0 Å². The second-order valence-corrected chi connectivity index (χ2v) is 7.38. The lowest BCUT2D eigenvalue weighted by molar-refractivity contribution is -0.118. The molecule has 1 amide bonds. The Kier molecular flexibility index (Phi) is 4.93. The molecule has 0 aromatic heterocycles. The molecule has 4 rings (SSSR count). The molecule has 2 aliphatic heterocycles. The number of hydrogen-bond acceptors (Lipinski definition) is 3. The number of carbonyl (C=O) groups excluding carboxylic acids is 1. The van der Waals surface area contributed by atoms with Gasteiger partial charge in [-0.15, -0.1) is 0 Å². The second kappa shape index (κ2) is 7.50. The summed E-state index contributed by atoms with van der Waals surface area (Å²) >= 11 is 0. The van der Waals surface area contributed by atoms with Crippen LogP contribution in [0.3, 0.4) is 0 Å². The van der Waals surface area contributed by atoms with E-state index in [-0.39, 0.29) is 5.91 Å². The molecule has 1 saturated heterocycles. The molecule has 2 heterocycles. The quantitative estimate of drug-likeness (QED) is 0.852. The largest absolute Gasteiger partial charge is 0.378 e. The van der Waals surface area contributed by atoms with Crippen LogP contribution in [0.15, 0.2) is 48.5 Å². The Bertz CT molecular complexity index is 766. The summed E-state index contributed by atoms with van der Waals surface area (Å²) in [5.41, 5.74) is 4.65. The molecule has 1 atom stereocenters. The Morgan fingerprint density at radius 1 is 1.08 bits per heavy atom. The summed E-state index contributed by atoms with van der Waals surface area (Å²) in [6.07, 6.45) is 1.50. The average Bonchev–Trinajstić information content (AvgIpc) is 2.68. The van der Waals surface area contributed by atoms with Crippen molar-refractivity contribution in [1.82, 2.24) is 0 Å². The Balaban J connectivity index is 1.46. The first-order valence-corrected chi connectivity index (χ1v) is 9.50. The predicted molar refractivity (Wildman–Crippen MR) is 105 cm³/mol. The highest BCUT2D eigenvalue weighted by Crippen LogP contribution is 2.30. The molecule has 0 radical (unpaired) electrons. The molecule has 2 aliphatic rings. The minimum atomic E-state index is 0.183. The normalized spacial score (nSPS) is 20.0. The molecule has 0 N–H and O–H groups in total. The van der Waals surface area contributed by atoms with Crippen molar-refractivity contribution < 1.29 is 9.53 Å². The molecule has 26 heavy (non-hydrogen) atoms. The van der Waals surface area contributed by atoms with E-state index >= 15 is 0 Å². The summed E-state index contributed by atoms with van der Waals surface area (Å²) in [5.74, 6) is 0.681. The Labute approximate surface area is 155 Å². The summed E-state index contributed by atoms with van der Waals surface area (Å²) in [6.45, 7) is 6.45. The standard InChI is InChI=1S/C22H26N2O2/c1-17-14-19-4-2-3-5-21(19)24(16-17)22(25)15-18-6-8-20(9-7-18)23-10-12-26-13-11-23/h2-9,17H,10-16H2,1H3. The van der Waals surface area contributed by atoms with Crippen molar-refractivity contribution in [2.45, 2.75) is 19.8 Å². The van der Waals surface area contributed by atoms with Gasteiger partial charge in [0.1, 0.15) is 0 Å². The van der Waals surface area contributed by atoms with Crippen molar-refractivity contribution in [3.05, 3.63) is 59.7 Å². The topological polar surface area (TPSA) is 32.8 Å². The molecule has 2 aromatic carbocycles. The number of hydrogen-bond donors (Lipinski definition) is 0. The van der Waals surface area contributed by atoms with Gasteiger partial charge >= 0.3 is 0 Å². The van der Waals surface area contributed by atoms with E-state index in [0.717, 1.165) is 50.5 Å². The number of amides is 1. The summed E-state index contributed by atoms with van der Waals surface area (Å²) in [5, 5.41) is 0. The summed E-state index contributed by atoms with van der Waals surface area (Å²) in [4.78, 5) is 17.3. The fourth-order valence-corrected chi connectivity index (χ4v) is 3.95. The molecule has 4 heteroatoms. The van der Waals surface area contributed by atoms with Gasteiger partial charge in [-0.2, -0.15) is 0 Å². The number of benzene rings is 2. The van der Waals surface area contributed by atoms with E-state index in [2.05, 4.69) is 54.3 Å². The van der Waals surface area contributed by atoms with Gasteiger partial charge in [0.15, 0.2) is 0 Å². The van der Waals surface area contributed by atoms with Crippen molar-refractivity contribution in [2.24, 2.45) is 5.92 Å². The number of rotatable bonds is 3. The lowest BCUT2D eigenvalue weighted by Crippen LogP contribution is -2.40. The molecule has 0 bridgehead atoms. The zero-order valence-corrected chi connectivity index (χ0v) is 15.4. The fourth-order valence-electron chi connectivity index (χ4n) is 3.95. The smallest absolute Gasteiger partial charge is 0.231 e. The SMILES string of the molecule is CC1Cc2ccccc2N(C(=O)Cc2ccc(N3CCOCC3)cc2)C1. The molecule has 0 saturated carbocycles. The number of fused-ring (bicyclic) bond motifs is 1. The zero-order chi connectivity index (χ0) is 17.9. The third-order valence-electron chi connectivity index (χ3n) is 5.31. The number of morpholine rings is 1. The van der Waals surface area contributed by atoms with Crippen molar-refractivity contribution in [2.75, 3.05) is 42.6 Å². The maximum atomic E-state index is 13.0. The predicted octanol–water partition coefficient (Wildman–Crippen LogP) is 3.29. The maximum absolute atomic E-state index is 13.0. The van der Waals surface area contributed by atoms with E-state index in [1.807, 2.05) is 11.0 Å². The van der Waals surface area contributed by atoms with Crippen molar-refractivity contribution in [1.29, 1.82) is 0 Å². The molecule has 4 nitrogen and oxygen atoms in total. The molecule has 0 aliphatic carbocycles. The highest BCUT2D eigenvalue weighted by molar-refractivity contribution is 5.96. The molecule has 1 fully saturated rings. The minimum Gasteiger partial charge on any atom is -0.378 e. The van der Waals surface area contributed by atoms with E-state index in [0.29, 0.717) is 12.3 Å². The van der Waals surface area contributed by atoms with Crippen LogP contribution in [0.1, 0.15) is 18.1 Å². The van der Waals surface area contributed by atoms with Crippen LogP contribution in [0, 0.1) is 5.92 Å². The van der Waals surface area contributed by atoms with Crippen LogP contribution in [0.5, 0.6) is 0 Å². The van der Waals surface area contributed by atoms with Gasteiger partial charge < -0.3 is 14.5 Å². The van der Waals surface area contributed by atoms with Crippen molar-refractivity contribution in [3.63, 3.8) is 0 Å². The third kappa shape index (κ3) is 3.61. The fraction of sp³-hybridized carbons (Fsp3) is 0.409. The maximum Gasteiger partial charge on any atom is 0.231 e. The minimum absolute atomic E-state index is 0.183. The Hall–Kier alpha value is -2.33. The first kappa shape index (κ1) is 17.1. The van der Waals surface area contributed by atoms with E-state index < -0.39 is 0 Å². The number of ether oxygens (including phenoxy) is 1. The van der Waals surface area contributed by atoms with Gasteiger partial charge in [-0.05, 0) is 41.7 Å². The van der Waals surface area contributed by atoms with Gasteiger partial charge in [0.2, 0.25) is 5.91 Å². The number of nitrogens with zero attached hydrogens (tertiary/aromatic N) is 2. The molecule has 136 valence electrons. The molecular formula is C22H26N2O2. The highest BCUT2D eigenvalue weighted by atomic mass is 16.5. The van der Waals surface area contributed by atoms with Crippen LogP contribution < -0.4 is 9.80 Å². The van der Waals surface area contributed by atoms with Gasteiger partial charge in [0, 0.05) is 31.0 Å². The van der Waals surface area contributed by atoms with E-state index in [9.17, 15) is 4.79 Å². The van der Waals surface area contributed by atoms with Crippen LogP contribution in [-0.4, -0.2) is 38.8 Å². The summed E-state index contributed by atoms with van der Waals surface area (Å²) in [6, 6.07) is 16.7. The van der Waals surface area contributed by atoms with E-state index in [4.69, 9.17) is 4.74 Å². The van der Waals surface area contributed by atoms with Crippen LogP contribution in [0.25, 0.3) is 0 Å². The van der Waals surface area contributed by atoms with Crippen LogP contribution in [0.2, 0.25) is 0 Å². The molecule has 1 unspecified atom stereocenters. The first-order valence-electron chi connectivity index (χ1n) is 9.50. The van der Waals surface area contributed by atoms with E-state index in [1.165, 1.54) is 11.3 Å². The molecule has 2 aromatic rings. The van der Waals surface area contributed by atoms with Crippen LogP contribution >= 0.6 is 0 Å². The van der Waals surface area contributed by atoms with Crippen LogP contribution in [-0.2, 0) is 22.4 Å². The lowest BCUT2D eigenvalue weighted by atomic mass is 9.93. The summed E-state index contributed by atoms with van der Waals surface area (Å²) < 4.78 is 5.41. The van der Waals surface area contributed by atoms with E-state index in [1.54, 1.807) is 0 Å². The van der Waals surface area contributed by atoms with Crippen molar-refractivity contribution in [3.8, 4) is 0 Å². The van der Waals surface area contributed by atoms with Gasteiger partial charge in [-0.3, -0.25) is 4.79 Å². The number of carbonyl (C=O) groups is 1. The molecule has 0 spiro atoms. The molecular weight excluding hydrogens is 324 g/mol. The van der Waals surface area contributed by atoms with Crippen LogP contribution in [0.4, 0.5) is 11.4 Å². The van der Waals surface area contributed by atoms with Crippen molar-refractivity contribution >= 4 is 17.3 Å².